The van der Waals surface area contributed by atoms with Crippen LogP contribution in [0.15, 0.2) is 65.6 Å². The number of ether oxygens (including phenoxy) is 1. The highest BCUT2D eigenvalue weighted by Gasteiger charge is 2.17. The van der Waals surface area contributed by atoms with Crippen molar-refractivity contribution in [3.05, 3.63) is 76.7 Å². The summed E-state index contributed by atoms with van der Waals surface area (Å²) in [6.45, 7) is 2.93. The van der Waals surface area contributed by atoms with Crippen molar-refractivity contribution in [1.29, 1.82) is 0 Å². The maximum Gasteiger partial charge on any atom is 0.0799 e. The quantitative estimate of drug-likeness (QED) is 0.563. The number of benzene rings is 2. The minimum Gasteiger partial charge on any atom is -0.391 e. The standard InChI is InChI=1S/C19H18S2.C5H10O3/c1-14-5-3-4-6-16(14)13-18-11-12-19(21-18)15-7-9-17(20-2)10-8-15;6-4-1-5(7)3-8-2-4/h3-12H,13H2,1-2H3;4-7H,1-3H2. The summed E-state index contributed by atoms with van der Waals surface area (Å²) in [5.74, 6) is 0. The molecular weight excluding hydrogens is 400 g/mol. The number of rotatable bonds is 4. The van der Waals surface area contributed by atoms with E-state index < -0.39 is 12.2 Å². The van der Waals surface area contributed by atoms with Crippen LogP contribution >= 0.6 is 23.1 Å². The number of aliphatic hydroxyl groups is 2. The fraction of sp³-hybridized carbons (Fsp3) is 0.333. The summed E-state index contributed by atoms with van der Waals surface area (Å²) in [6, 6.07) is 22.0. The van der Waals surface area contributed by atoms with Crippen molar-refractivity contribution in [1.82, 2.24) is 0 Å². The van der Waals surface area contributed by atoms with E-state index in [-0.39, 0.29) is 0 Å². The Balaban J connectivity index is 0.000000252. The number of hydrogen-bond acceptors (Lipinski definition) is 5. The van der Waals surface area contributed by atoms with Crippen molar-refractivity contribution in [2.75, 3.05) is 19.5 Å². The minimum atomic E-state index is -0.459. The predicted octanol–water partition coefficient (Wildman–Crippen LogP) is 5.16. The van der Waals surface area contributed by atoms with Crippen molar-refractivity contribution in [3.8, 4) is 10.4 Å². The molecule has 2 unspecified atom stereocenters. The average molecular weight is 429 g/mol. The topological polar surface area (TPSA) is 49.7 Å². The smallest absolute Gasteiger partial charge is 0.0799 e. The number of thiophene rings is 1. The molecule has 0 amide bonds. The molecular formula is C24H28O3S2. The van der Waals surface area contributed by atoms with Crippen LogP contribution in [0.25, 0.3) is 10.4 Å². The fourth-order valence-electron chi connectivity index (χ4n) is 3.17. The number of hydrogen-bond donors (Lipinski definition) is 2. The largest absolute Gasteiger partial charge is 0.391 e. The van der Waals surface area contributed by atoms with Gasteiger partial charge in [-0.2, -0.15) is 0 Å². The Morgan fingerprint density at radius 3 is 2.24 bits per heavy atom. The van der Waals surface area contributed by atoms with Gasteiger partial charge in [-0.1, -0.05) is 36.4 Å². The Hall–Kier alpha value is -1.63. The van der Waals surface area contributed by atoms with Crippen LogP contribution in [0.1, 0.15) is 22.4 Å². The van der Waals surface area contributed by atoms with Crippen molar-refractivity contribution < 1.29 is 14.9 Å². The Labute approximate surface area is 181 Å². The zero-order valence-electron chi connectivity index (χ0n) is 16.9. The van der Waals surface area contributed by atoms with Crippen molar-refractivity contribution in [2.24, 2.45) is 0 Å². The molecule has 0 aliphatic carbocycles. The summed E-state index contributed by atoms with van der Waals surface area (Å²) in [5.41, 5.74) is 4.11. The predicted molar refractivity (Wildman–Crippen MR) is 123 cm³/mol. The lowest BCUT2D eigenvalue weighted by atomic mass is 10.1. The maximum absolute atomic E-state index is 8.79. The normalized spacial score (nSPS) is 18.8. The Morgan fingerprint density at radius 1 is 0.966 bits per heavy atom. The summed E-state index contributed by atoms with van der Waals surface area (Å²) in [6.07, 6.45) is 2.68. The van der Waals surface area contributed by atoms with Gasteiger partial charge in [0.2, 0.25) is 0 Å². The Bertz CT molecular complexity index is 881. The van der Waals surface area contributed by atoms with Gasteiger partial charge in [-0.15, -0.1) is 23.1 Å². The van der Waals surface area contributed by atoms with Gasteiger partial charge in [-0.25, -0.2) is 0 Å². The van der Waals surface area contributed by atoms with E-state index in [1.165, 1.54) is 31.3 Å². The molecule has 2 aromatic carbocycles. The number of thioether (sulfide) groups is 1. The second-order valence-corrected chi connectivity index (χ2v) is 9.23. The van der Waals surface area contributed by atoms with Crippen molar-refractivity contribution >= 4 is 23.1 Å². The highest BCUT2D eigenvalue weighted by atomic mass is 32.2. The van der Waals surface area contributed by atoms with Gasteiger partial charge in [0.05, 0.1) is 25.4 Å². The lowest BCUT2D eigenvalue weighted by Crippen LogP contribution is -2.32. The third-order valence-electron chi connectivity index (χ3n) is 4.83. The summed E-state index contributed by atoms with van der Waals surface area (Å²) in [4.78, 5) is 4.09. The molecule has 29 heavy (non-hydrogen) atoms. The van der Waals surface area contributed by atoms with E-state index in [1.807, 2.05) is 11.3 Å². The van der Waals surface area contributed by atoms with Gasteiger partial charge in [0.15, 0.2) is 0 Å². The van der Waals surface area contributed by atoms with Gasteiger partial charge >= 0.3 is 0 Å². The van der Waals surface area contributed by atoms with Gasteiger partial charge in [0, 0.05) is 27.5 Å². The number of aryl methyl sites for hydroxylation is 1. The number of aliphatic hydroxyl groups excluding tert-OH is 2. The van der Waals surface area contributed by atoms with E-state index in [0.717, 1.165) is 6.42 Å². The van der Waals surface area contributed by atoms with Gasteiger partial charge in [-0.3, -0.25) is 0 Å². The molecule has 1 aliphatic rings. The molecule has 154 valence electrons. The first-order valence-electron chi connectivity index (χ1n) is 9.76. The zero-order valence-corrected chi connectivity index (χ0v) is 18.5. The van der Waals surface area contributed by atoms with E-state index in [0.29, 0.717) is 19.6 Å². The van der Waals surface area contributed by atoms with E-state index >= 15 is 0 Å². The molecule has 5 heteroatoms. The van der Waals surface area contributed by atoms with E-state index in [1.54, 1.807) is 11.8 Å². The van der Waals surface area contributed by atoms with E-state index in [9.17, 15) is 0 Å². The minimum absolute atomic E-state index is 0.372. The summed E-state index contributed by atoms with van der Waals surface area (Å²) in [7, 11) is 0. The van der Waals surface area contributed by atoms with Crippen LogP contribution in [0.2, 0.25) is 0 Å². The molecule has 0 spiro atoms. The van der Waals surface area contributed by atoms with Gasteiger partial charge in [0.1, 0.15) is 0 Å². The van der Waals surface area contributed by atoms with Crippen LogP contribution in [0.5, 0.6) is 0 Å². The molecule has 1 saturated heterocycles. The molecule has 3 aromatic rings. The fourth-order valence-corrected chi connectivity index (χ4v) is 4.61. The molecule has 2 N–H and O–H groups in total. The third kappa shape index (κ3) is 6.69. The monoisotopic (exact) mass is 428 g/mol. The highest BCUT2D eigenvalue weighted by Crippen LogP contribution is 2.31. The lowest BCUT2D eigenvalue weighted by Gasteiger charge is -2.21. The second-order valence-electron chi connectivity index (χ2n) is 7.18. The molecule has 0 bridgehead atoms. The van der Waals surface area contributed by atoms with Crippen LogP contribution in [-0.4, -0.2) is 41.9 Å². The van der Waals surface area contributed by atoms with Crippen LogP contribution < -0.4 is 0 Å². The Kier molecular flexibility index (Phi) is 8.33. The second kappa shape index (κ2) is 11.0. The van der Waals surface area contributed by atoms with Crippen LogP contribution in [-0.2, 0) is 11.2 Å². The van der Waals surface area contributed by atoms with Crippen LogP contribution in [0.4, 0.5) is 0 Å². The van der Waals surface area contributed by atoms with Gasteiger partial charge in [0.25, 0.3) is 0 Å². The van der Waals surface area contributed by atoms with Crippen LogP contribution in [0, 0.1) is 6.92 Å². The first-order chi connectivity index (χ1) is 14.0. The third-order valence-corrected chi connectivity index (χ3v) is 6.70. The molecule has 3 nitrogen and oxygen atoms in total. The average Bonchev–Trinajstić information content (AvgIpc) is 3.19. The van der Waals surface area contributed by atoms with Gasteiger partial charge < -0.3 is 14.9 Å². The van der Waals surface area contributed by atoms with Crippen molar-refractivity contribution in [3.63, 3.8) is 0 Å². The molecule has 2 atom stereocenters. The summed E-state index contributed by atoms with van der Waals surface area (Å²) >= 11 is 3.68. The first kappa shape index (κ1) is 22.1. The van der Waals surface area contributed by atoms with Crippen LogP contribution in [0.3, 0.4) is 0 Å². The van der Waals surface area contributed by atoms with E-state index in [2.05, 4.69) is 73.8 Å². The van der Waals surface area contributed by atoms with Gasteiger partial charge in [-0.05, 0) is 54.1 Å². The molecule has 1 aliphatic heterocycles. The molecule has 1 aromatic heterocycles. The maximum atomic E-state index is 8.79. The first-order valence-corrected chi connectivity index (χ1v) is 11.8. The summed E-state index contributed by atoms with van der Waals surface area (Å²) in [5, 5.41) is 17.6. The summed E-state index contributed by atoms with van der Waals surface area (Å²) < 4.78 is 4.79. The SMILES string of the molecule is CSc1ccc(-c2ccc(Cc3ccccc3C)s2)cc1.OC1COCC(O)C1. The molecule has 2 heterocycles. The highest BCUT2D eigenvalue weighted by molar-refractivity contribution is 7.98. The molecule has 4 rings (SSSR count). The van der Waals surface area contributed by atoms with E-state index in [4.69, 9.17) is 14.9 Å². The molecule has 1 fully saturated rings. The lowest BCUT2D eigenvalue weighted by molar-refractivity contribution is -0.0714. The molecule has 0 saturated carbocycles. The molecule has 0 radical (unpaired) electrons. The Morgan fingerprint density at radius 2 is 1.66 bits per heavy atom. The van der Waals surface area contributed by atoms with Crippen molar-refractivity contribution in [2.45, 2.75) is 36.9 Å². The zero-order chi connectivity index (χ0) is 20.6.